The lowest BCUT2D eigenvalue weighted by atomic mass is 10.2. The van der Waals surface area contributed by atoms with Crippen molar-refractivity contribution in [1.82, 2.24) is 15.1 Å². The number of nitrogens with one attached hydrogen (secondary N) is 1. The van der Waals surface area contributed by atoms with Gasteiger partial charge in [0.05, 0.1) is 0 Å². The van der Waals surface area contributed by atoms with Gasteiger partial charge in [-0.3, -0.25) is 4.79 Å². The number of carbonyl (C=O) groups is 1. The Morgan fingerprint density at radius 2 is 1.73 bits per heavy atom. The number of carbonyl (C=O) groups excluding carboxylic acids is 1. The first-order valence-electron chi connectivity index (χ1n) is 5.44. The smallest absolute Gasteiger partial charge is 0.223 e. The van der Waals surface area contributed by atoms with Crippen molar-refractivity contribution in [3.8, 4) is 0 Å². The van der Waals surface area contributed by atoms with Gasteiger partial charge in [-0.25, -0.2) is 0 Å². The second-order valence-electron chi connectivity index (χ2n) is 4.61. The molecule has 1 amide bonds. The number of hydrogen-bond acceptors (Lipinski definition) is 3. The fourth-order valence-corrected chi connectivity index (χ4v) is 1.07. The number of likely N-dealkylation sites (N-methyl/N-ethyl adjacent to an activating group) is 1. The third kappa shape index (κ3) is 6.47. The lowest BCUT2D eigenvalue weighted by Crippen LogP contribution is -2.41. The molecule has 0 aliphatic heterocycles. The molecule has 15 heavy (non-hydrogen) atoms. The Morgan fingerprint density at radius 3 is 2.13 bits per heavy atom. The molecule has 0 aliphatic carbocycles. The van der Waals surface area contributed by atoms with E-state index in [1.54, 1.807) is 19.0 Å². The predicted molar refractivity (Wildman–Crippen MR) is 63.9 cm³/mol. The van der Waals surface area contributed by atoms with Crippen molar-refractivity contribution < 1.29 is 4.79 Å². The molecule has 0 heterocycles. The summed E-state index contributed by atoms with van der Waals surface area (Å²) in [4.78, 5) is 15.2. The Morgan fingerprint density at radius 1 is 1.20 bits per heavy atom. The van der Waals surface area contributed by atoms with E-state index in [1.165, 1.54) is 0 Å². The van der Waals surface area contributed by atoms with E-state index >= 15 is 0 Å². The summed E-state index contributed by atoms with van der Waals surface area (Å²) >= 11 is 0. The van der Waals surface area contributed by atoms with Crippen LogP contribution >= 0.6 is 0 Å². The highest BCUT2D eigenvalue weighted by Crippen LogP contribution is 1.96. The van der Waals surface area contributed by atoms with Gasteiger partial charge in [0.25, 0.3) is 0 Å². The molecule has 0 radical (unpaired) electrons. The molecular weight excluding hydrogens is 190 g/mol. The Balaban J connectivity index is 3.75. The van der Waals surface area contributed by atoms with Gasteiger partial charge in [-0.05, 0) is 27.9 Å². The summed E-state index contributed by atoms with van der Waals surface area (Å²) in [6.07, 6.45) is 0.563. The summed E-state index contributed by atoms with van der Waals surface area (Å²) in [7, 11) is 7.69. The van der Waals surface area contributed by atoms with Crippen LogP contribution in [0, 0.1) is 0 Å². The average Bonchev–Trinajstić information content (AvgIpc) is 2.13. The Labute approximate surface area is 93.6 Å². The van der Waals surface area contributed by atoms with Gasteiger partial charge in [-0.1, -0.05) is 0 Å². The molecule has 0 aromatic rings. The van der Waals surface area contributed by atoms with E-state index in [2.05, 4.69) is 31.2 Å². The summed E-state index contributed by atoms with van der Waals surface area (Å²) in [5, 5.41) is 3.36. The molecule has 4 nitrogen and oxygen atoms in total. The van der Waals surface area contributed by atoms with Crippen molar-refractivity contribution in [3.05, 3.63) is 0 Å². The number of hydrogen-bond donors (Lipinski definition) is 1. The molecule has 2 atom stereocenters. The lowest BCUT2D eigenvalue weighted by molar-refractivity contribution is -0.129. The van der Waals surface area contributed by atoms with E-state index in [4.69, 9.17) is 0 Å². The second kappa shape index (κ2) is 6.80. The molecule has 2 unspecified atom stereocenters. The molecule has 0 aliphatic rings. The monoisotopic (exact) mass is 215 g/mol. The number of nitrogens with zero attached hydrogens (tertiary/aromatic N) is 2. The van der Waals surface area contributed by atoms with E-state index < -0.39 is 0 Å². The van der Waals surface area contributed by atoms with Crippen LogP contribution in [0.5, 0.6) is 0 Å². The molecule has 1 N–H and O–H groups in total. The van der Waals surface area contributed by atoms with Gasteiger partial charge in [-0.15, -0.1) is 0 Å². The maximum Gasteiger partial charge on any atom is 0.223 e. The van der Waals surface area contributed by atoms with Crippen LogP contribution in [0.1, 0.15) is 20.3 Å². The van der Waals surface area contributed by atoms with Crippen LogP contribution in [0.4, 0.5) is 0 Å². The molecule has 0 aromatic carbocycles. The van der Waals surface area contributed by atoms with Crippen molar-refractivity contribution >= 4 is 5.91 Å². The van der Waals surface area contributed by atoms with Gasteiger partial charge >= 0.3 is 0 Å². The van der Waals surface area contributed by atoms with Gasteiger partial charge in [-0.2, -0.15) is 0 Å². The predicted octanol–water partition coefficient (Wildman–Crippen LogP) is 0.393. The standard InChI is InChI=1S/C11H25N3O/c1-9(7-11(15)14(5)6)12-8-10(2)13(3)4/h9-10,12H,7-8H2,1-6H3. The maximum absolute atomic E-state index is 11.4. The van der Waals surface area contributed by atoms with Crippen molar-refractivity contribution in [1.29, 1.82) is 0 Å². The molecule has 0 fully saturated rings. The minimum absolute atomic E-state index is 0.174. The zero-order valence-corrected chi connectivity index (χ0v) is 10.9. The summed E-state index contributed by atoms with van der Waals surface area (Å²) < 4.78 is 0. The molecule has 4 heteroatoms. The first-order valence-corrected chi connectivity index (χ1v) is 5.44. The first-order chi connectivity index (χ1) is 6.84. The Bertz CT molecular complexity index is 192. The van der Waals surface area contributed by atoms with Crippen molar-refractivity contribution in [2.75, 3.05) is 34.7 Å². The van der Waals surface area contributed by atoms with Crippen LogP contribution in [0.15, 0.2) is 0 Å². The highest BCUT2D eigenvalue weighted by Gasteiger charge is 2.11. The third-order valence-corrected chi connectivity index (χ3v) is 2.62. The van der Waals surface area contributed by atoms with Gasteiger partial charge in [0.15, 0.2) is 0 Å². The van der Waals surface area contributed by atoms with Crippen molar-refractivity contribution in [3.63, 3.8) is 0 Å². The van der Waals surface area contributed by atoms with Gasteiger partial charge in [0.1, 0.15) is 0 Å². The first kappa shape index (κ1) is 14.4. The van der Waals surface area contributed by atoms with E-state index in [9.17, 15) is 4.79 Å². The van der Waals surface area contributed by atoms with Gasteiger partial charge in [0.2, 0.25) is 5.91 Å². The van der Waals surface area contributed by atoms with Crippen LogP contribution in [-0.2, 0) is 4.79 Å². The largest absolute Gasteiger partial charge is 0.349 e. The van der Waals surface area contributed by atoms with E-state index in [1.807, 2.05) is 6.92 Å². The molecule has 0 bridgehead atoms. The van der Waals surface area contributed by atoms with Gasteiger partial charge < -0.3 is 15.1 Å². The van der Waals surface area contributed by atoms with E-state index in [0.717, 1.165) is 6.54 Å². The topological polar surface area (TPSA) is 35.6 Å². The maximum atomic E-state index is 11.4. The van der Waals surface area contributed by atoms with Crippen LogP contribution in [0.2, 0.25) is 0 Å². The molecule has 0 aromatic heterocycles. The summed E-state index contributed by atoms with van der Waals surface area (Å²) in [6.45, 7) is 5.12. The van der Waals surface area contributed by atoms with E-state index in [-0.39, 0.29) is 11.9 Å². The molecule has 90 valence electrons. The fourth-order valence-electron chi connectivity index (χ4n) is 1.07. The highest BCUT2D eigenvalue weighted by atomic mass is 16.2. The summed E-state index contributed by atoms with van der Waals surface area (Å²) in [5.74, 6) is 0.174. The van der Waals surface area contributed by atoms with Gasteiger partial charge in [0, 0.05) is 39.1 Å². The zero-order chi connectivity index (χ0) is 12.0. The minimum Gasteiger partial charge on any atom is -0.349 e. The summed E-state index contributed by atoms with van der Waals surface area (Å²) in [6, 6.07) is 0.726. The third-order valence-electron chi connectivity index (χ3n) is 2.62. The summed E-state index contributed by atoms with van der Waals surface area (Å²) in [5.41, 5.74) is 0. The Hall–Kier alpha value is -0.610. The molecule has 0 rings (SSSR count). The molecular formula is C11H25N3O. The molecule has 0 saturated carbocycles. The molecule has 0 spiro atoms. The Kier molecular flexibility index (Phi) is 6.52. The number of amides is 1. The fraction of sp³-hybridized carbons (Fsp3) is 0.909. The average molecular weight is 215 g/mol. The second-order valence-corrected chi connectivity index (χ2v) is 4.61. The van der Waals surface area contributed by atoms with Crippen molar-refractivity contribution in [2.45, 2.75) is 32.4 Å². The quantitative estimate of drug-likeness (QED) is 0.696. The van der Waals surface area contributed by atoms with Crippen LogP contribution in [-0.4, -0.2) is 62.5 Å². The van der Waals surface area contributed by atoms with Crippen LogP contribution < -0.4 is 5.32 Å². The SMILES string of the molecule is CC(CC(=O)N(C)C)NCC(C)N(C)C. The van der Waals surface area contributed by atoms with Crippen LogP contribution in [0.3, 0.4) is 0 Å². The zero-order valence-electron chi connectivity index (χ0n) is 10.9. The lowest BCUT2D eigenvalue weighted by Gasteiger charge is -2.23. The van der Waals surface area contributed by atoms with Crippen molar-refractivity contribution in [2.24, 2.45) is 0 Å². The highest BCUT2D eigenvalue weighted by molar-refractivity contribution is 5.76. The number of rotatable bonds is 6. The van der Waals surface area contributed by atoms with E-state index in [0.29, 0.717) is 12.5 Å². The minimum atomic E-state index is 0.174. The normalized spacial score (nSPS) is 15.1. The van der Waals surface area contributed by atoms with Crippen LogP contribution in [0.25, 0.3) is 0 Å². The molecule has 0 saturated heterocycles.